The molecule has 0 radical (unpaired) electrons. The van der Waals surface area contributed by atoms with E-state index in [1.54, 1.807) is 0 Å². The molecule has 0 atom stereocenters. The Hall–Kier alpha value is -0.0800. The molecule has 1 saturated carbocycles. The molecule has 0 unspecified atom stereocenters. The summed E-state index contributed by atoms with van der Waals surface area (Å²) in [7, 11) is 0. The van der Waals surface area contributed by atoms with Crippen molar-refractivity contribution in [2.45, 2.75) is 57.9 Å². The van der Waals surface area contributed by atoms with Crippen LogP contribution in [0.25, 0.3) is 0 Å². The van der Waals surface area contributed by atoms with Crippen molar-refractivity contribution < 1.29 is 0 Å². The lowest BCUT2D eigenvalue weighted by molar-refractivity contribution is 0.0891. The highest BCUT2D eigenvalue weighted by molar-refractivity contribution is 4.79. The average Bonchev–Trinajstić information content (AvgIpc) is 2.59. The molecule has 0 aromatic heterocycles. The molecular formula is C14H28N2. The fourth-order valence-electron chi connectivity index (χ4n) is 3.29. The molecule has 2 nitrogen and oxygen atoms in total. The topological polar surface area (TPSA) is 6.48 Å². The van der Waals surface area contributed by atoms with Crippen LogP contribution in [0.5, 0.6) is 0 Å². The van der Waals surface area contributed by atoms with Crippen molar-refractivity contribution in [3.05, 3.63) is 0 Å². The van der Waals surface area contributed by atoms with Crippen molar-refractivity contribution >= 4 is 0 Å². The van der Waals surface area contributed by atoms with Crippen LogP contribution in [0.15, 0.2) is 0 Å². The summed E-state index contributed by atoms with van der Waals surface area (Å²) in [5.41, 5.74) is 0. The number of hydrogen-bond acceptors (Lipinski definition) is 2. The van der Waals surface area contributed by atoms with Crippen molar-refractivity contribution in [3.63, 3.8) is 0 Å². The molecule has 1 saturated heterocycles. The number of hydrogen-bond donors (Lipinski definition) is 0. The molecule has 0 aromatic rings. The van der Waals surface area contributed by atoms with E-state index in [1.165, 1.54) is 77.7 Å². The van der Waals surface area contributed by atoms with E-state index in [4.69, 9.17) is 0 Å². The molecule has 1 heterocycles. The predicted molar refractivity (Wildman–Crippen MR) is 69.8 cm³/mol. The Morgan fingerprint density at radius 3 is 2.06 bits per heavy atom. The van der Waals surface area contributed by atoms with Crippen molar-refractivity contribution in [3.8, 4) is 0 Å². The van der Waals surface area contributed by atoms with Gasteiger partial charge in [-0.1, -0.05) is 32.6 Å². The molecular weight excluding hydrogens is 196 g/mol. The Balaban J connectivity index is 1.74. The summed E-state index contributed by atoms with van der Waals surface area (Å²) >= 11 is 0. The highest BCUT2D eigenvalue weighted by Crippen LogP contribution is 2.22. The van der Waals surface area contributed by atoms with Gasteiger partial charge in [0.2, 0.25) is 0 Å². The zero-order valence-corrected chi connectivity index (χ0v) is 11.0. The van der Waals surface area contributed by atoms with Crippen LogP contribution < -0.4 is 0 Å². The number of nitrogens with zero attached hydrogens (tertiary/aromatic N) is 2. The van der Waals surface area contributed by atoms with Crippen molar-refractivity contribution in [1.82, 2.24) is 9.80 Å². The maximum Gasteiger partial charge on any atom is 0.0113 e. The molecule has 1 aliphatic carbocycles. The first kappa shape index (κ1) is 12.4. The fourth-order valence-corrected chi connectivity index (χ4v) is 3.29. The monoisotopic (exact) mass is 224 g/mol. The Morgan fingerprint density at radius 2 is 1.50 bits per heavy atom. The second kappa shape index (κ2) is 6.61. The maximum absolute atomic E-state index is 2.78. The van der Waals surface area contributed by atoms with Crippen LogP contribution in [-0.2, 0) is 0 Å². The van der Waals surface area contributed by atoms with Crippen LogP contribution in [0.3, 0.4) is 0 Å². The second-order valence-electron chi connectivity index (χ2n) is 5.52. The van der Waals surface area contributed by atoms with Gasteiger partial charge in [0.25, 0.3) is 0 Å². The van der Waals surface area contributed by atoms with Crippen LogP contribution in [0.2, 0.25) is 0 Å². The standard InChI is InChI=1S/C14H28N2/c1-2-9-15-10-12-16(13-11-15)14-7-5-3-4-6-8-14/h14H,2-13H2,1H3. The average molecular weight is 224 g/mol. The zero-order valence-electron chi connectivity index (χ0n) is 11.0. The lowest BCUT2D eigenvalue weighted by Gasteiger charge is -2.39. The molecule has 2 aliphatic rings. The van der Waals surface area contributed by atoms with Crippen LogP contribution >= 0.6 is 0 Å². The zero-order chi connectivity index (χ0) is 11.2. The highest BCUT2D eigenvalue weighted by Gasteiger charge is 2.23. The van der Waals surface area contributed by atoms with Crippen LogP contribution in [0, 0.1) is 0 Å². The van der Waals surface area contributed by atoms with Gasteiger partial charge in [-0.3, -0.25) is 4.90 Å². The summed E-state index contributed by atoms with van der Waals surface area (Å²) in [6, 6.07) is 0.922. The second-order valence-corrected chi connectivity index (χ2v) is 5.52. The van der Waals surface area contributed by atoms with Gasteiger partial charge in [-0.15, -0.1) is 0 Å². The molecule has 2 fully saturated rings. The molecule has 2 rings (SSSR count). The number of piperazine rings is 1. The lowest BCUT2D eigenvalue weighted by Crippen LogP contribution is -2.50. The van der Waals surface area contributed by atoms with Gasteiger partial charge in [-0.25, -0.2) is 0 Å². The summed E-state index contributed by atoms with van der Waals surface area (Å²) in [5.74, 6) is 0. The van der Waals surface area contributed by atoms with E-state index in [9.17, 15) is 0 Å². The predicted octanol–water partition coefficient (Wildman–Crippen LogP) is 2.74. The Labute approximate surface area is 101 Å². The van der Waals surface area contributed by atoms with E-state index in [0.29, 0.717) is 0 Å². The van der Waals surface area contributed by atoms with Crippen LogP contribution in [0.1, 0.15) is 51.9 Å². The lowest BCUT2D eigenvalue weighted by atomic mass is 10.1. The summed E-state index contributed by atoms with van der Waals surface area (Å²) < 4.78 is 0. The maximum atomic E-state index is 2.78. The molecule has 0 bridgehead atoms. The molecule has 0 amide bonds. The first-order valence-corrected chi connectivity index (χ1v) is 7.36. The van der Waals surface area contributed by atoms with Crippen molar-refractivity contribution in [2.75, 3.05) is 32.7 Å². The summed E-state index contributed by atoms with van der Waals surface area (Å²) in [5, 5.41) is 0. The minimum atomic E-state index is 0.922. The molecule has 0 N–H and O–H groups in total. The largest absolute Gasteiger partial charge is 0.301 e. The molecule has 2 heteroatoms. The van der Waals surface area contributed by atoms with E-state index in [1.807, 2.05) is 0 Å². The van der Waals surface area contributed by atoms with Gasteiger partial charge in [0.15, 0.2) is 0 Å². The summed E-state index contributed by atoms with van der Waals surface area (Å²) in [6.07, 6.45) is 10.1. The third-order valence-electron chi connectivity index (χ3n) is 4.29. The van der Waals surface area contributed by atoms with E-state index in [0.717, 1.165) is 6.04 Å². The Morgan fingerprint density at radius 1 is 0.875 bits per heavy atom. The first-order valence-electron chi connectivity index (χ1n) is 7.36. The minimum absolute atomic E-state index is 0.922. The molecule has 0 aromatic carbocycles. The van der Waals surface area contributed by atoms with Crippen molar-refractivity contribution in [1.29, 1.82) is 0 Å². The molecule has 16 heavy (non-hydrogen) atoms. The van der Waals surface area contributed by atoms with Gasteiger partial charge >= 0.3 is 0 Å². The third-order valence-corrected chi connectivity index (χ3v) is 4.29. The summed E-state index contributed by atoms with van der Waals surface area (Å²) in [6.45, 7) is 8.86. The van der Waals surface area contributed by atoms with Crippen LogP contribution in [0.4, 0.5) is 0 Å². The fraction of sp³-hybridized carbons (Fsp3) is 1.00. The van der Waals surface area contributed by atoms with Gasteiger partial charge < -0.3 is 4.90 Å². The highest BCUT2D eigenvalue weighted by atomic mass is 15.3. The SMILES string of the molecule is CCCN1CCN(C2CCCCCC2)CC1. The molecule has 94 valence electrons. The van der Waals surface area contributed by atoms with Gasteiger partial charge in [0.05, 0.1) is 0 Å². The van der Waals surface area contributed by atoms with E-state index >= 15 is 0 Å². The Bertz CT molecular complexity index is 177. The smallest absolute Gasteiger partial charge is 0.0113 e. The quantitative estimate of drug-likeness (QED) is 0.680. The van der Waals surface area contributed by atoms with E-state index in [2.05, 4.69) is 16.7 Å². The van der Waals surface area contributed by atoms with Gasteiger partial charge in [0.1, 0.15) is 0 Å². The van der Waals surface area contributed by atoms with Crippen LogP contribution in [-0.4, -0.2) is 48.6 Å². The van der Waals surface area contributed by atoms with Gasteiger partial charge in [-0.2, -0.15) is 0 Å². The van der Waals surface area contributed by atoms with Gasteiger partial charge in [0, 0.05) is 32.2 Å². The molecule has 1 aliphatic heterocycles. The van der Waals surface area contributed by atoms with Crippen molar-refractivity contribution in [2.24, 2.45) is 0 Å². The molecule has 0 spiro atoms. The third kappa shape index (κ3) is 3.46. The Kier molecular flexibility index (Phi) is 5.11. The first-order chi connectivity index (χ1) is 7.90. The summed E-state index contributed by atoms with van der Waals surface area (Å²) in [4.78, 5) is 5.41. The number of rotatable bonds is 3. The minimum Gasteiger partial charge on any atom is -0.301 e. The van der Waals surface area contributed by atoms with E-state index in [-0.39, 0.29) is 0 Å². The van der Waals surface area contributed by atoms with E-state index < -0.39 is 0 Å². The normalized spacial score (nSPS) is 26.8. The van der Waals surface area contributed by atoms with Gasteiger partial charge in [-0.05, 0) is 25.8 Å².